The van der Waals surface area contributed by atoms with Crippen LogP contribution in [-0.2, 0) is 11.3 Å². The second kappa shape index (κ2) is 8.03. The molecule has 2 aromatic rings. The van der Waals surface area contributed by atoms with Crippen molar-refractivity contribution in [3.63, 3.8) is 0 Å². The topological polar surface area (TPSA) is 75.9 Å². The van der Waals surface area contributed by atoms with E-state index in [4.69, 9.17) is 4.74 Å². The number of rotatable bonds is 5. The van der Waals surface area contributed by atoms with E-state index in [9.17, 15) is 23.7 Å². The predicted molar refractivity (Wildman–Crippen MR) is 114 cm³/mol. The summed E-state index contributed by atoms with van der Waals surface area (Å²) in [6.45, 7) is 6.52. The zero-order chi connectivity index (χ0) is 23.2. The molecular weight excluding hydrogens is 420 g/mol. The van der Waals surface area contributed by atoms with Gasteiger partial charge < -0.3 is 14.5 Å². The number of carbonyl (C=O) groups is 1. The number of hydrogen-bond donors (Lipinski definition) is 0. The maximum Gasteiger partial charge on any atom is 0.410 e. The summed E-state index contributed by atoms with van der Waals surface area (Å²) in [7, 11) is 0. The number of fused-ring (bicyclic) bond motifs is 1. The molecule has 0 radical (unpaired) electrons. The lowest BCUT2D eigenvalue weighted by molar-refractivity contribution is -0.385. The summed E-state index contributed by atoms with van der Waals surface area (Å²) >= 11 is 0. The summed E-state index contributed by atoms with van der Waals surface area (Å²) in [6, 6.07) is 11.0. The minimum absolute atomic E-state index is 0.0419. The van der Waals surface area contributed by atoms with Gasteiger partial charge in [-0.1, -0.05) is 30.3 Å². The van der Waals surface area contributed by atoms with E-state index in [1.807, 2.05) is 30.3 Å². The number of piperidine rings is 1. The fourth-order valence-electron chi connectivity index (χ4n) is 4.49. The molecule has 4 rings (SSSR count). The van der Waals surface area contributed by atoms with Crippen molar-refractivity contribution in [3.05, 3.63) is 69.8 Å². The number of anilines is 1. The van der Waals surface area contributed by atoms with Gasteiger partial charge in [0.25, 0.3) is 5.69 Å². The molecular formula is C23H25F2N3O4. The summed E-state index contributed by atoms with van der Waals surface area (Å²) in [4.78, 5) is 26.2. The standard InChI is InChI=1S/C23H25F2N3O4/c1-23(2,3)32-22(29)27(11-14-7-5-4-6-8-14)20-16-12-26(13-17(16)20)21-18(24)9-15(28(30)31)10-19(21)25/h4-10,16-17,20H,11-13H2,1-3H3/t16-,17+,20?. The average Bonchev–Trinajstić information content (AvgIpc) is 3.17. The molecule has 0 aromatic heterocycles. The Balaban J connectivity index is 1.51. The lowest BCUT2D eigenvalue weighted by Gasteiger charge is -2.31. The Labute approximate surface area is 184 Å². The molecule has 7 nitrogen and oxygen atoms in total. The highest BCUT2D eigenvalue weighted by Gasteiger charge is 2.60. The van der Waals surface area contributed by atoms with Crippen molar-refractivity contribution in [2.45, 2.75) is 39.0 Å². The van der Waals surface area contributed by atoms with Gasteiger partial charge >= 0.3 is 6.09 Å². The Morgan fingerprint density at radius 2 is 1.72 bits per heavy atom. The molecule has 1 heterocycles. The first-order chi connectivity index (χ1) is 15.0. The van der Waals surface area contributed by atoms with Gasteiger partial charge in [-0.3, -0.25) is 10.1 Å². The van der Waals surface area contributed by atoms with Gasteiger partial charge in [0.2, 0.25) is 0 Å². The Bertz CT molecular complexity index is 1010. The first-order valence-electron chi connectivity index (χ1n) is 10.5. The Kier molecular flexibility index (Phi) is 5.52. The van der Waals surface area contributed by atoms with Crippen LogP contribution in [0.25, 0.3) is 0 Å². The number of nitro groups is 1. The maximum atomic E-state index is 14.5. The van der Waals surface area contributed by atoms with Crippen molar-refractivity contribution in [2.24, 2.45) is 11.8 Å². The van der Waals surface area contributed by atoms with Crippen LogP contribution >= 0.6 is 0 Å². The number of non-ortho nitro benzene ring substituents is 1. The zero-order valence-electron chi connectivity index (χ0n) is 18.1. The molecule has 2 aromatic carbocycles. The van der Waals surface area contributed by atoms with E-state index < -0.39 is 33.9 Å². The monoisotopic (exact) mass is 445 g/mol. The summed E-state index contributed by atoms with van der Waals surface area (Å²) < 4.78 is 34.5. The second-order valence-corrected chi connectivity index (χ2v) is 9.33. The van der Waals surface area contributed by atoms with Crippen LogP contribution in [0.3, 0.4) is 0 Å². The van der Waals surface area contributed by atoms with Gasteiger partial charge in [-0.05, 0) is 26.3 Å². The molecule has 1 saturated heterocycles. The highest BCUT2D eigenvalue weighted by atomic mass is 19.1. The molecule has 1 aliphatic heterocycles. The fourth-order valence-corrected chi connectivity index (χ4v) is 4.49. The van der Waals surface area contributed by atoms with Crippen molar-refractivity contribution < 1.29 is 23.2 Å². The van der Waals surface area contributed by atoms with Crippen LogP contribution < -0.4 is 4.90 Å². The molecule has 32 heavy (non-hydrogen) atoms. The van der Waals surface area contributed by atoms with Crippen molar-refractivity contribution in [1.29, 1.82) is 0 Å². The molecule has 1 saturated carbocycles. The third kappa shape index (κ3) is 4.37. The second-order valence-electron chi connectivity index (χ2n) is 9.33. The fraction of sp³-hybridized carbons (Fsp3) is 0.435. The Hall–Kier alpha value is -3.23. The smallest absolute Gasteiger partial charge is 0.410 e. The molecule has 0 bridgehead atoms. The Morgan fingerprint density at radius 1 is 1.16 bits per heavy atom. The van der Waals surface area contributed by atoms with Crippen molar-refractivity contribution >= 4 is 17.5 Å². The number of ether oxygens (including phenoxy) is 1. The molecule has 170 valence electrons. The third-order valence-electron chi connectivity index (χ3n) is 5.86. The molecule has 3 atom stereocenters. The van der Waals surface area contributed by atoms with E-state index in [1.165, 1.54) is 0 Å². The van der Waals surface area contributed by atoms with Gasteiger partial charge in [0.1, 0.15) is 11.3 Å². The number of halogens is 2. The third-order valence-corrected chi connectivity index (χ3v) is 5.86. The molecule has 1 amide bonds. The summed E-state index contributed by atoms with van der Waals surface area (Å²) in [5, 5.41) is 10.8. The van der Waals surface area contributed by atoms with Gasteiger partial charge in [0.15, 0.2) is 11.6 Å². The van der Waals surface area contributed by atoms with Gasteiger partial charge in [0, 0.05) is 37.5 Å². The first-order valence-corrected chi connectivity index (χ1v) is 10.5. The van der Waals surface area contributed by atoms with Crippen molar-refractivity contribution in [3.8, 4) is 0 Å². The van der Waals surface area contributed by atoms with Crippen LogP contribution in [0.5, 0.6) is 0 Å². The van der Waals surface area contributed by atoms with E-state index in [2.05, 4.69) is 0 Å². The highest BCUT2D eigenvalue weighted by Crippen LogP contribution is 2.51. The largest absolute Gasteiger partial charge is 0.444 e. The Morgan fingerprint density at radius 3 is 2.22 bits per heavy atom. The van der Waals surface area contributed by atoms with Crippen LogP contribution in [0.2, 0.25) is 0 Å². The SMILES string of the molecule is CC(C)(C)OC(=O)N(Cc1ccccc1)C1[C@H]2CN(c3c(F)cc([N+](=O)[O-])cc3F)C[C@@H]12. The van der Waals surface area contributed by atoms with Crippen LogP contribution in [0.1, 0.15) is 26.3 Å². The molecule has 0 N–H and O–H groups in total. The van der Waals surface area contributed by atoms with Crippen LogP contribution in [0.15, 0.2) is 42.5 Å². The predicted octanol–water partition coefficient (Wildman–Crippen LogP) is 4.74. The van der Waals surface area contributed by atoms with Crippen LogP contribution in [-0.4, -0.2) is 40.6 Å². The van der Waals surface area contributed by atoms with E-state index in [-0.39, 0.29) is 23.6 Å². The lowest BCUT2D eigenvalue weighted by atomic mass is 10.2. The molecule has 2 aliphatic rings. The first kappa shape index (κ1) is 22.0. The molecule has 2 fully saturated rings. The quantitative estimate of drug-likeness (QED) is 0.491. The molecule has 1 aliphatic carbocycles. The van der Waals surface area contributed by atoms with Crippen LogP contribution in [0, 0.1) is 33.6 Å². The van der Waals surface area contributed by atoms with Crippen molar-refractivity contribution in [2.75, 3.05) is 18.0 Å². The molecule has 0 spiro atoms. The van der Waals surface area contributed by atoms with E-state index in [0.29, 0.717) is 19.6 Å². The number of benzene rings is 2. The minimum Gasteiger partial charge on any atom is -0.444 e. The highest BCUT2D eigenvalue weighted by molar-refractivity contribution is 5.70. The number of nitrogens with zero attached hydrogens (tertiary/aromatic N) is 3. The average molecular weight is 445 g/mol. The zero-order valence-corrected chi connectivity index (χ0v) is 18.1. The maximum absolute atomic E-state index is 14.5. The van der Waals surface area contributed by atoms with Crippen LogP contribution in [0.4, 0.5) is 25.0 Å². The van der Waals surface area contributed by atoms with Gasteiger partial charge in [-0.2, -0.15) is 0 Å². The minimum atomic E-state index is -0.956. The summed E-state index contributed by atoms with van der Waals surface area (Å²) in [6.07, 6.45) is -0.417. The number of carbonyl (C=O) groups excluding carboxylic acids is 1. The van der Waals surface area contributed by atoms with E-state index in [0.717, 1.165) is 17.7 Å². The van der Waals surface area contributed by atoms with Crippen molar-refractivity contribution in [1.82, 2.24) is 4.90 Å². The summed E-state index contributed by atoms with van der Waals surface area (Å²) in [5.41, 5.74) is -0.557. The molecule has 1 unspecified atom stereocenters. The number of hydrogen-bond acceptors (Lipinski definition) is 5. The molecule has 9 heteroatoms. The van der Waals surface area contributed by atoms with Gasteiger partial charge in [-0.25, -0.2) is 13.6 Å². The van der Waals surface area contributed by atoms with E-state index >= 15 is 0 Å². The van der Waals surface area contributed by atoms with Gasteiger partial charge in [0.05, 0.1) is 17.1 Å². The number of nitro benzene ring substituents is 1. The number of amides is 1. The lowest BCUT2D eigenvalue weighted by Crippen LogP contribution is -2.41. The van der Waals surface area contributed by atoms with Gasteiger partial charge in [-0.15, -0.1) is 0 Å². The normalized spacial score (nSPS) is 21.8. The van der Waals surface area contributed by atoms with E-state index in [1.54, 1.807) is 30.6 Å². The summed E-state index contributed by atoms with van der Waals surface area (Å²) in [5.74, 6) is -1.83.